The van der Waals surface area contributed by atoms with E-state index in [4.69, 9.17) is 0 Å². The van der Waals surface area contributed by atoms with E-state index in [1.165, 1.54) is 12.1 Å². The van der Waals surface area contributed by atoms with Crippen LogP contribution in [0.25, 0.3) is 0 Å². The molecule has 3 rings (SSSR count). The first kappa shape index (κ1) is 14.1. The van der Waals surface area contributed by atoms with Crippen LogP contribution in [0.5, 0.6) is 0 Å². The van der Waals surface area contributed by atoms with E-state index in [0.29, 0.717) is 6.54 Å². The molecule has 2 nitrogen and oxygen atoms in total. The summed E-state index contributed by atoms with van der Waals surface area (Å²) >= 11 is 1.68. The number of carbonyl (C=O) groups is 1. The van der Waals surface area contributed by atoms with E-state index in [1.807, 2.05) is 42.2 Å². The van der Waals surface area contributed by atoms with Crippen molar-refractivity contribution in [1.29, 1.82) is 0 Å². The van der Waals surface area contributed by atoms with Gasteiger partial charge in [0, 0.05) is 17.9 Å². The predicted molar refractivity (Wildman–Crippen MR) is 83.8 cm³/mol. The third kappa shape index (κ3) is 2.81. The summed E-state index contributed by atoms with van der Waals surface area (Å²) < 4.78 is 13.4. The molecule has 0 unspecified atom stereocenters. The molecule has 21 heavy (non-hydrogen) atoms. The Kier molecular flexibility index (Phi) is 3.97. The molecule has 1 aliphatic rings. The summed E-state index contributed by atoms with van der Waals surface area (Å²) in [6.07, 6.45) is 0. The van der Waals surface area contributed by atoms with Crippen molar-refractivity contribution in [1.82, 2.24) is 4.90 Å². The molecule has 2 aromatic rings. The molecular formula is C17H16FNOS. The van der Waals surface area contributed by atoms with Gasteiger partial charge >= 0.3 is 0 Å². The van der Waals surface area contributed by atoms with Gasteiger partial charge in [-0.3, -0.25) is 4.79 Å². The number of benzene rings is 2. The highest BCUT2D eigenvalue weighted by Gasteiger charge is 2.31. The van der Waals surface area contributed by atoms with Gasteiger partial charge in [-0.2, -0.15) is 0 Å². The van der Waals surface area contributed by atoms with E-state index in [9.17, 15) is 9.18 Å². The van der Waals surface area contributed by atoms with Crippen LogP contribution < -0.4 is 0 Å². The molecular weight excluding hydrogens is 285 g/mol. The van der Waals surface area contributed by atoms with Gasteiger partial charge in [-0.25, -0.2) is 4.39 Å². The molecule has 0 aromatic heterocycles. The molecule has 1 amide bonds. The van der Waals surface area contributed by atoms with Crippen LogP contribution in [0.2, 0.25) is 0 Å². The van der Waals surface area contributed by atoms with Gasteiger partial charge in [0.2, 0.25) is 0 Å². The highest BCUT2D eigenvalue weighted by Crippen LogP contribution is 2.39. The highest BCUT2D eigenvalue weighted by molar-refractivity contribution is 7.99. The lowest BCUT2D eigenvalue weighted by Crippen LogP contribution is -2.30. The first-order valence-corrected chi connectivity index (χ1v) is 7.95. The number of rotatable bonds is 2. The van der Waals surface area contributed by atoms with Crippen LogP contribution in [0.1, 0.15) is 26.9 Å². The maximum absolute atomic E-state index is 13.4. The first-order valence-electron chi connectivity index (χ1n) is 6.90. The Bertz CT molecular complexity index is 673. The molecule has 0 saturated carbocycles. The Morgan fingerprint density at radius 3 is 2.81 bits per heavy atom. The largest absolute Gasteiger partial charge is 0.322 e. The maximum Gasteiger partial charge on any atom is 0.255 e. The van der Waals surface area contributed by atoms with Gasteiger partial charge in [0.15, 0.2) is 0 Å². The van der Waals surface area contributed by atoms with Crippen molar-refractivity contribution >= 4 is 17.7 Å². The Balaban J connectivity index is 1.91. The van der Waals surface area contributed by atoms with Gasteiger partial charge < -0.3 is 4.90 Å². The van der Waals surface area contributed by atoms with Crippen LogP contribution in [0.4, 0.5) is 4.39 Å². The number of carbonyl (C=O) groups excluding carboxylic acids is 1. The van der Waals surface area contributed by atoms with E-state index >= 15 is 0 Å². The molecule has 4 heteroatoms. The molecule has 1 aliphatic heterocycles. The summed E-state index contributed by atoms with van der Waals surface area (Å²) in [6, 6.07) is 14.1. The predicted octanol–water partition coefficient (Wildman–Crippen LogP) is 4.02. The Morgan fingerprint density at radius 1 is 1.24 bits per heavy atom. The minimum atomic E-state index is -0.261. The zero-order valence-electron chi connectivity index (χ0n) is 11.8. The molecule has 1 heterocycles. The monoisotopic (exact) mass is 301 g/mol. The summed E-state index contributed by atoms with van der Waals surface area (Å²) in [5.74, 6) is 0.634. The fourth-order valence-electron chi connectivity index (χ4n) is 2.58. The quantitative estimate of drug-likeness (QED) is 0.835. The van der Waals surface area contributed by atoms with Crippen molar-refractivity contribution < 1.29 is 9.18 Å². The SMILES string of the molecule is Cc1ccccc1C(=O)N1CCS[C@H]1c1cccc(F)c1. The zero-order valence-corrected chi connectivity index (χ0v) is 12.6. The molecule has 2 aromatic carbocycles. The van der Waals surface area contributed by atoms with Crippen molar-refractivity contribution in [2.75, 3.05) is 12.3 Å². The van der Waals surface area contributed by atoms with E-state index in [2.05, 4.69) is 0 Å². The summed E-state index contributed by atoms with van der Waals surface area (Å²) in [4.78, 5) is 14.6. The molecule has 1 saturated heterocycles. The fourth-order valence-corrected chi connectivity index (χ4v) is 3.83. The van der Waals surface area contributed by atoms with Crippen molar-refractivity contribution in [2.45, 2.75) is 12.3 Å². The van der Waals surface area contributed by atoms with Crippen LogP contribution in [0, 0.1) is 12.7 Å². The van der Waals surface area contributed by atoms with Gasteiger partial charge in [-0.05, 0) is 36.2 Å². The van der Waals surface area contributed by atoms with E-state index in [0.717, 1.165) is 22.4 Å². The molecule has 108 valence electrons. The topological polar surface area (TPSA) is 20.3 Å². The van der Waals surface area contributed by atoms with Crippen LogP contribution >= 0.6 is 11.8 Å². The third-order valence-electron chi connectivity index (χ3n) is 3.66. The van der Waals surface area contributed by atoms with Crippen LogP contribution in [-0.2, 0) is 0 Å². The number of hydrogen-bond acceptors (Lipinski definition) is 2. The average molecular weight is 301 g/mol. The Morgan fingerprint density at radius 2 is 2.05 bits per heavy atom. The van der Waals surface area contributed by atoms with Gasteiger partial charge in [-0.15, -0.1) is 11.8 Å². The standard InChI is InChI=1S/C17H16FNOS/c1-12-5-2-3-8-15(12)16(20)19-9-10-21-17(19)13-6-4-7-14(18)11-13/h2-8,11,17H,9-10H2,1H3/t17-/m0/s1. The second-order valence-electron chi connectivity index (χ2n) is 5.09. The summed E-state index contributed by atoms with van der Waals surface area (Å²) in [6.45, 7) is 2.63. The first-order chi connectivity index (χ1) is 10.2. The van der Waals surface area contributed by atoms with Gasteiger partial charge in [0.1, 0.15) is 11.2 Å². The van der Waals surface area contributed by atoms with E-state index in [1.54, 1.807) is 17.8 Å². The molecule has 0 N–H and O–H groups in total. The molecule has 0 spiro atoms. The third-order valence-corrected chi connectivity index (χ3v) is 4.92. The second-order valence-corrected chi connectivity index (χ2v) is 6.28. The van der Waals surface area contributed by atoms with Crippen molar-refractivity contribution in [2.24, 2.45) is 0 Å². The minimum absolute atomic E-state index is 0.0207. The Hall–Kier alpha value is -1.81. The number of amides is 1. The van der Waals surface area contributed by atoms with Crippen LogP contribution in [0.15, 0.2) is 48.5 Å². The van der Waals surface area contributed by atoms with Gasteiger partial charge in [-0.1, -0.05) is 30.3 Å². The molecule has 1 fully saturated rings. The molecule has 1 atom stereocenters. The lowest BCUT2D eigenvalue weighted by Gasteiger charge is -2.25. The van der Waals surface area contributed by atoms with E-state index < -0.39 is 0 Å². The Labute approximate surface area is 128 Å². The van der Waals surface area contributed by atoms with Crippen molar-refractivity contribution in [3.63, 3.8) is 0 Å². The number of thioether (sulfide) groups is 1. The fraction of sp³-hybridized carbons (Fsp3) is 0.235. The van der Waals surface area contributed by atoms with E-state index in [-0.39, 0.29) is 17.1 Å². The zero-order chi connectivity index (χ0) is 14.8. The van der Waals surface area contributed by atoms with Gasteiger partial charge in [0.25, 0.3) is 5.91 Å². The number of aryl methyl sites for hydroxylation is 1. The highest BCUT2D eigenvalue weighted by atomic mass is 32.2. The number of halogens is 1. The average Bonchev–Trinajstić information content (AvgIpc) is 2.96. The molecule has 0 aliphatic carbocycles. The van der Waals surface area contributed by atoms with Crippen LogP contribution in [0.3, 0.4) is 0 Å². The summed E-state index contributed by atoms with van der Waals surface area (Å²) in [5, 5.41) is -0.104. The molecule has 0 radical (unpaired) electrons. The second kappa shape index (κ2) is 5.90. The summed E-state index contributed by atoms with van der Waals surface area (Å²) in [5.41, 5.74) is 2.54. The lowest BCUT2D eigenvalue weighted by atomic mass is 10.1. The normalized spacial score (nSPS) is 18.0. The smallest absolute Gasteiger partial charge is 0.255 e. The van der Waals surface area contributed by atoms with Crippen LogP contribution in [-0.4, -0.2) is 23.1 Å². The van der Waals surface area contributed by atoms with Crippen molar-refractivity contribution in [3.8, 4) is 0 Å². The van der Waals surface area contributed by atoms with Gasteiger partial charge in [0.05, 0.1) is 0 Å². The lowest BCUT2D eigenvalue weighted by molar-refractivity contribution is 0.0759. The number of hydrogen-bond donors (Lipinski definition) is 0. The van der Waals surface area contributed by atoms with Crippen molar-refractivity contribution in [3.05, 3.63) is 71.0 Å². The number of nitrogens with zero attached hydrogens (tertiary/aromatic N) is 1. The maximum atomic E-state index is 13.4. The molecule has 0 bridgehead atoms. The minimum Gasteiger partial charge on any atom is -0.322 e. The summed E-state index contributed by atoms with van der Waals surface area (Å²) in [7, 11) is 0.